The van der Waals surface area contributed by atoms with Crippen molar-refractivity contribution in [3.05, 3.63) is 64.7 Å². The maximum atomic E-state index is 11.8. The molecule has 0 aliphatic carbocycles. The van der Waals surface area contributed by atoms with Crippen LogP contribution in [-0.2, 0) is 9.53 Å². The number of amides is 1. The first kappa shape index (κ1) is 17.8. The molecule has 2 aromatic carbocycles. The van der Waals surface area contributed by atoms with Crippen LogP contribution in [0.5, 0.6) is 5.75 Å². The minimum Gasteiger partial charge on any atom is -0.490 e. The zero-order valence-electron chi connectivity index (χ0n) is 13.3. The summed E-state index contributed by atoms with van der Waals surface area (Å²) in [5.74, 6) is -0.169. The molecule has 126 valence electrons. The molecule has 24 heavy (non-hydrogen) atoms. The van der Waals surface area contributed by atoms with E-state index in [1.54, 1.807) is 24.3 Å². The van der Waals surface area contributed by atoms with Gasteiger partial charge in [-0.15, -0.1) is 0 Å². The number of carbonyl (C=O) groups excluding carboxylic acids is 2. The van der Waals surface area contributed by atoms with Gasteiger partial charge in [-0.25, -0.2) is 0 Å². The Morgan fingerprint density at radius 2 is 1.67 bits per heavy atom. The lowest BCUT2D eigenvalue weighted by Crippen LogP contribution is -2.31. The van der Waals surface area contributed by atoms with Gasteiger partial charge in [-0.1, -0.05) is 29.3 Å². The monoisotopic (exact) mass is 347 g/mol. The fourth-order valence-corrected chi connectivity index (χ4v) is 1.98. The maximum Gasteiger partial charge on any atom is 0.325 e. The molecule has 1 amide bonds. The Bertz CT molecular complexity index is 683. The van der Waals surface area contributed by atoms with Gasteiger partial charge in [-0.3, -0.25) is 9.59 Å². The molecular formula is C18H18ClNO4. The number of hydrogen-bond acceptors (Lipinski definition) is 4. The van der Waals surface area contributed by atoms with Crippen LogP contribution in [0.3, 0.4) is 0 Å². The van der Waals surface area contributed by atoms with E-state index in [0.29, 0.717) is 16.3 Å². The van der Waals surface area contributed by atoms with E-state index in [4.69, 9.17) is 21.1 Å². The van der Waals surface area contributed by atoms with Crippen molar-refractivity contribution < 1.29 is 19.1 Å². The van der Waals surface area contributed by atoms with E-state index in [2.05, 4.69) is 5.32 Å². The van der Waals surface area contributed by atoms with E-state index in [1.165, 1.54) is 0 Å². The van der Waals surface area contributed by atoms with E-state index < -0.39 is 5.97 Å². The molecule has 0 aliphatic rings. The molecule has 0 aromatic heterocycles. The van der Waals surface area contributed by atoms with Gasteiger partial charge in [0.2, 0.25) is 0 Å². The van der Waals surface area contributed by atoms with Crippen LogP contribution in [0.2, 0.25) is 5.02 Å². The highest BCUT2D eigenvalue weighted by molar-refractivity contribution is 6.30. The molecule has 0 radical (unpaired) electrons. The highest BCUT2D eigenvalue weighted by atomic mass is 35.5. The minimum absolute atomic E-state index is 0.115. The second-order valence-corrected chi connectivity index (χ2v) is 5.51. The van der Waals surface area contributed by atoms with Gasteiger partial charge in [0.25, 0.3) is 5.91 Å². The van der Waals surface area contributed by atoms with Crippen molar-refractivity contribution in [1.29, 1.82) is 0 Å². The van der Waals surface area contributed by atoms with Crippen LogP contribution < -0.4 is 10.1 Å². The molecule has 0 fully saturated rings. The molecule has 6 heteroatoms. The van der Waals surface area contributed by atoms with Gasteiger partial charge in [-0.05, 0) is 43.3 Å². The fraction of sp³-hybridized carbons (Fsp3) is 0.222. The molecule has 0 unspecified atom stereocenters. The maximum absolute atomic E-state index is 11.8. The SMILES string of the molecule is Cc1ccc(OCCOC(=O)CNC(=O)c2ccc(Cl)cc2)cc1. The van der Waals surface area contributed by atoms with Crippen molar-refractivity contribution in [1.82, 2.24) is 5.32 Å². The number of halogens is 1. The van der Waals surface area contributed by atoms with Crippen molar-refractivity contribution in [2.24, 2.45) is 0 Å². The van der Waals surface area contributed by atoms with Crippen LogP contribution in [0.25, 0.3) is 0 Å². The number of rotatable bonds is 7. The summed E-state index contributed by atoms with van der Waals surface area (Å²) in [6.07, 6.45) is 0. The lowest BCUT2D eigenvalue weighted by molar-refractivity contribution is -0.143. The van der Waals surface area contributed by atoms with Crippen molar-refractivity contribution in [2.45, 2.75) is 6.92 Å². The lowest BCUT2D eigenvalue weighted by Gasteiger charge is -2.08. The Hall–Kier alpha value is -2.53. The van der Waals surface area contributed by atoms with Crippen LogP contribution in [0.1, 0.15) is 15.9 Å². The largest absolute Gasteiger partial charge is 0.490 e. The molecule has 5 nitrogen and oxygen atoms in total. The highest BCUT2D eigenvalue weighted by Gasteiger charge is 2.08. The number of nitrogens with one attached hydrogen (secondary N) is 1. The highest BCUT2D eigenvalue weighted by Crippen LogP contribution is 2.11. The first-order valence-corrected chi connectivity index (χ1v) is 7.81. The fourth-order valence-electron chi connectivity index (χ4n) is 1.86. The van der Waals surface area contributed by atoms with E-state index in [-0.39, 0.29) is 25.7 Å². The average Bonchev–Trinajstić information content (AvgIpc) is 2.59. The van der Waals surface area contributed by atoms with E-state index >= 15 is 0 Å². The van der Waals surface area contributed by atoms with E-state index in [1.807, 2.05) is 31.2 Å². The Morgan fingerprint density at radius 3 is 2.33 bits per heavy atom. The number of benzene rings is 2. The van der Waals surface area contributed by atoms with Gasteiger partial charge in [-0.2, -0.15) is 0 Å². The Kier molecular flexibility index (Phi) is 6.63. The second-order valence-electron chi connectivity index (χ2n) is 5.07. The zero-order chi connectivity index (χ0) is 17.4. The first-order chi connectivity index (χ1) is 11.5. The Balaban J connectivity index is 1.63. The number of aryl methyl sites for hydroxylation is 1. The lowest BCUT2D eigenvalue weighted by atomic mass is 10.2. The number of hydrogen-bond donors (Lipinski definition) is 1. The molecule has 0 atom stereocenters. The van der Waals surface area contributed by atoms with E-state index in [0.717, 1.165) is 5.56 Å². The molecular weight excluding hydrogens is 330 g/mol. The van der Waals surface area contributed by atoms with Gasteiger partial charge in [0.05, 0.1) is 0 Å². The summed E-state index contributed by atoms with van der Waals surface area (Å²) in [7, 11) is 0. The third-order valence-electron chi connectivity index (χ3n) is 3.14. The number of ether oxygens (including phenoxy) is 2. The summed E-state index contributed by atoms with van der Waals surface area (Å²) in [4.78, 5) is 23.4. The minimum atomic E-state index is -0.523. The number of esters is 1. The van der Waals surface area contributed by atoms with Crippen LogP contribution in [0.4, 0.5) is 0 Å². The summed E-state index contributed by atoms with van der Waals surface area (Å²) in [6.45, 7) is 2.15. The Labute approximate surface area is 145 Å². The molecule has 0 saturated carbocycles. The molecule has 2 aromatic rings. The summed E-state index contributed by atoms with van der Waals surface area (Å²) >= 11 is 5.75. The summed E-state index contributed by atoms with van der Waals surface area (Å²) < 4.78 is 10.4. The third-order valence-corrected chi connectivity index (χ3v) is 3.39. The number of carbonyl (C=O) groups is 2. The summed E-state index contributed by atoms with van der Waals surface area (Å²) in [5.41, 5.74) is 1.57. The predicted octanol–water partition coefficient (Wildman–Crippen LogP) is 3.00. The standard InChI is InChI=1S/C18H18ClNO4/c1-13-2-8-16(9-3-13)23-10-11-24-17(21)12-20-18(22)14-4-6-15(19)7-5-14/h2-9H,10-12H2,1H3,(H,20,22). The van der Waals surface area contributed by atoms with Crippen LogP contribution >= 0.6 is 11.6 Å². The Morgan fingerprint density at radius 1 is 1.00 bits per heavy atom. The topological polar surface area (TPSA) is 64.6 Å². The van der Waals surface area contributed by atoms with Gasteiger partial charge >= 0.3 is 5.97 Å². The zero-order valence-corrected chi connectivity index (χ0v) is 14.0. The molecule has 0 heterocycles. The molecule has 0 spiro atoms. The van der Waals surface area contributed by atoms with Crippen LogP contribution in [-0.4, -0.2) is 31.6 Å². The average molecular weight is 348 g/mol. The quantitative estimate of drug-likeness (QED) is 0.617. The van der Waals surface area contributed by atoms with Crippen molar-refractivity contribution in [2.75, 3.05) is 19.8 Å². The van der Waals surface area contributed by atoms with E-state index in [9.17, 15) is 9.59 Å². The van der Waals surface area contributed by atoms with Gasteiger partial charge in [0.1, 0.15) is 25.5 Å². The first-order valence-electron chi connectivity index (χ1n) is 7.43. The van der Waals surface area contributed by atoms with Crippen molar-refractivity contribution in [3.63, 3.8) is 0 Å². The summed E-state index contributed by atoms with van der Waals surface area (Å²) in [5, 5.41) is 3.03. The van der Waals surface area contributed by atoms with Gasteiger partial charge < -0.3 is 14.8 Å². The van der Waals surface area contributed by atoms with Crippen molar-refractivity contribution >= 4 is 23.5 Å². The molecule has 0 aliphatic heterocycles. The van der Waals surface area contributed by atoms with Crippen LogP contribution in [0.15, 0.2) is 48.5 Å². The summed E-state index contributed by atoms with van der Waals surface area (Å²) in [6, 6.07) is 14.0. The smallest absolute Gasteiger partial charge is 0.325 e. The molecule has 0 bridgehead atoms. The molecule has 1 N–H and O–H groups in total. The third kappa shape index (κ3) is 5.93. The van der Waals surface area contributed by atoms with Gasteiger partial charge in [0, 0.05) is 10.6 Å². The second kappa shape index (κ2) is 8.93. The predicted molar refractivity (Wildman–Crippen MR) is 91.4 cm³/mol. The molecule has 0 saturated heterocycles. The van der Waals surface area contributed by atoms with Crippen molar-refractivity contribution in [3.8, 4) is 5.75 Å². The van der Waals surface area contributed by atoms with Crippen LogP contribution in [0, 0.1) is 6.92 Å². The van der Waals surface area contributed by atoms with Gasteiger partial charge in [0.15, 0.2) is 0 Å². The molecule has 2 rings (SSSR count). The normalized spacial score (nSPS) is 10.1.